The zero-order valence-electron chi connectivity index (χ0n) is 11.1. The summed E-state index contributed by atoms with van der Waals surface area (Å²) in [6.45, 7) is 3.76. The van der Waals surface area contributed by atoms with Gasteiger partial charge in [-0.1, -0.05) is 12.8 Å². The molecule has 0 bridgehead atoms. The van der Waals surface area contributed by atoms with Crippen molar-refractivity contribution < 1.29 is 14.6 Å². The van der Waals surface area contributed by atoms with Gasteiger partial charge in [0.05, 0.1) is 6.42 Å². The zero-order valence-corrected chi connectivity index (χ0v) is 11.1. The molecule has 2 rings (SSSR count). The van der Waals surface area contributed by atoms with Crippen LogP contribution in [0.2, 0.25) is 0 Å². The smallest absolute Gasteiger partial charge is 0.304 e. The molecule has 104 valence electrons. The Balaban J connectivity index is 1.99. The molecule has 18 heavy (non-hydrogen) atoms. The topological polar surface area (TPSA) is 49.8 Å². The summed E-state index contributed by atoms with van der Waals surface area (Å²) in [5, 5.41) is 9.16. The van der Waals surface area contributed by atoms with Gasteiger partial charge in [0.15, 0.2) is 0 Å². The lowest BCUT2D eigenvalue weighted by Gasteiger charge is -2.37. The second kappa shape index (κ2) is 7.10. The van der Waals surface area contributed by atoms with Crippen LogP contribution in [0.5, 0.6) is 0 Å². The molecule has 4 heteroatoms. The Bertz CT molecular complexity index is 256. The second-order valence-corrected chi connectivity index (χ2v) is 5.57. The van der Waals surface area contributed by atoms with E-state index in [9.17, 15) is 4.79 Å². The molecule has 4 nitrogen and oxygen atoms in total. The molecule has 1 atom stereocenters. The van der Waals surface area contributed by atoms with Crippen LogP contribution < -0.4 is 0 Å². The maximum absolute atomic E-state index is 11.1. The quantitative estimate of drug-likeness (QED) is 0.836. The average molecular weight is 255 g/mol. The van der Waals surface area contributed by atoms with E-state index in [0.29, 0.717) is 12.3 Å². The highest BCUT2D eigenvalue weighted by molar-refractivity contribution is 5.67. The number of ether oxygens (including phenoxy) is 1. The van der Waals surface area contributed by atoms with Crippen LogP contribution in [0.4, 0.5) is 0 Å². The minimum absolute atomic E-state index is 0.226. The van der Waals surface area contributed by atoms with Gasteiger partial charge in [0.2, 0.25) is 0 Å². The second-order valence-electron chi connectivity index (χ2n) is 5.57. The first-order valence-corrected chi connectivity index (χ1v) is 7.31. The van der Waals surface area contributed by atoms with E-state index in [-0.39, 0.29) is 6.04 Å². The van der Waals surface area contributed by atoms with Crippen molar-refractivity contribution in [3.8, 4) is 0 Å². The van der Waals surface area contributed by atoms with Crippen molar-refractivity contribution in [2.24, 2.45) is 5.92 Å². The van der Waals surface area contributed by atoms with Crippen molar-refractivity contribution >= 4 is 5.97 Å². The van der Waals surface area contributed by atoms with Crippen molar-refractivity contribution in [3.63, 3.8) is 0 Å². The van der Waals surface area contributed by atoms with Gasteiger partial charge in [0.1, 0.15) is 0 Å². The number of aliphatic carboxylic acids is 1. The SMILES string of the molecule is O=C(O)CC(C1CCOCC1)N1CCCCCC1. The molecular formula is C14H25NO3. The first-order chi connectivity index (χ1) is 8.77. The number of nitrogens with zero attached hydrogens (tertiary/aromatic N) is 1. The molecule has 0 radical (unpaired) electrons. The van der Waals surface area contributed by atoms with Gasteiger partial charge in [-0.2, -0.15) is 0 Å². The molecule has 2 aliphatic rings. The fourth-order valence-electron chi connectivity index (χ4n) is 3.30. The summed E-state index contributed by atoms with van der Waals surface area (Å²) in [6.07, 6.45) is 7.38. The monoisotopic (exact) mass is 255 g/mol. The van der Waals surface area contributed by atoms with E-state index in [4.69, 9.17) is 9.84 Å². The lowest BCUT2D eigenvalue weighted by atomic mass is 9.88. The van der Waals surface area contributed by atoms with E-state index in [0.717, 1.165) is 39.1 Å². The first-order valence-electron chi connectivity index (χ1n) is 7.31. The molecule has 0 aliphatic carbocycles. The molecule has 2 fully saturated rings. The molecule has 0 spiro atoms. The Labute approximate surface area is 109 Å². The highest BCUT2D eigenvalue weighted by Gasteiger charge is 2.31. The zero-order chi connectivity index (χ0) is 12.8. The van der Waals surface area contributed by atoms with Gasteiger partial charge in [-0.3, -0.25) is 9.69 Å². The predicted octanol–water partition coefficient (Wildman–Crippen LogP) is 2.13. The first kappa shape index (κ1) is 13.8. The van der Waals surface area contributed by atoms with Crippen molar-refractivity contribution in [2.45, 2.75) is 51.0 Å². The Morgan fingerprint density at radius 3 is 2.33 bits per heavy atom. The lowest BCUT2D eigenvalue weighted by molar-refractivity contribution is -0.139. The molecule has 0 aromatic heterocycles. The third-order valence-electron chi connectivity index (χ3n) is 4.30. The van der Waals surface area contributed by atoms with Crippen LogP contribution in [-0.2, 0) is 9.53 Å². The molecule has 1 unspecified atom stereocenters. The van der Waals surface area contributed by atoms with Crippen LogP contribution in [-0.4, -0.2) is 48.3 Å². The molecule has 0 amide bonds. The maximum atomic E-state index is 11.1. The van der Waals surface area contributed by atoms with Crippen LogP contribution in [0.3, 0.4) is 0 Å². The summed E-state index contributed by atoms with van der Waals surface area (Å²) in [4.78, 5) is 13.6. The molecule has 0 aromatic rings. The van der Waals surface area contributed by atoms with Gasteiger partial charge >= 0.3 is 5.97 Å². The number of hydrogen-bond donors (Lipinski definition) is 1. The normalized spacial score (nSPS) is 25.6. The molecule has 0 saturated carbocycles. The summed E-state index contributed by atoms with van der Waals surface area (Å²) >= 11 is 0. The van der Waals surface area contributed by atoms with Gasteiger partial charge in [-0.15, -0.1) is 0 Å². The fourth-order valence-corrected chi connectivity index (χ4v) is 3.30. The third kappa shape index (κ3) is 3.95. The van der Waals surface area contributed by atoms with Crippen LogP contribution in [0, 0.1) is 5.92 Å². The summed E-state index contributed by atoms with van der Waals surface area (Å²) in [6, 6.07) is 0.226. The molecule has 2 heterocycles. The van der Waals surface area contributed by atoms with Gasteiger partial charge in [-0.25, -0.2) is 0 Å². The van der Waals surface area contributed by atoms with E-state index in [1.165, 1.54) is 25.7 Å². The number of carboxylic acid groups (broad SMARTS) is 1. The summed E-state index contributed by atoms with van der Waals surface area (Å²) in [5.41, 5.74) is 0. The fraction of sp³-hybridized carbons (Fsp3) is 0.929. The van der Waals surface area contributed by atoms with E-state index in [2.05, 4.69) is 4.90 Å². The highest BCUT2D eigenvalue weighted by Crippen LogP contribution is 2.27. The number of hydrogen-bond acceptors (Lipinski definition) is 3. The Hall–Kier alpha value is -0.610. The minimum Gasteiger partial charge on any atom is -0.481 e. The standard InChI is InChI=1S/C14H25NO3/c16-14(17)11-13(12-5-9-18-10-6-12)15-7-3-1-2-4-8-15/h12-13H,1-11H2,(H,16,17). The number of rotatable bonds is 4. The Kier molecular flexibility index (Phi) is 5.45. The minimum atomic E-state index is -0.657. The predicted molar refractivity (Wildman–Crippen MR) is 69.6 cm³/mol. The Morgan fingerprint density at radius 2 is 1.78 bits per heavy atom. The van der Waals surface area contributed by atoms with Crippen LogP contribution in [0.15, 0.2) is 0 Å². The van der Waals surface area contributed by atoms with Gasteiger partial charge in [-0.05, 0) is 44.7 Å². The highest BCUT2D eigenvalue weighted by atomic mass is 16.5. The van der Waals surface area contributed by atoms with Crippen molar-refractivity contribution in [1.29, 1.82) is 0 Å². The summed E-state index contributed by atoms with van der Waals surface area (Å²) in [5.74, 6) is -0.149. The number of likely N-dealkylation sites (tertiary alicyclic amines) is 1. The lowest BCUT2D eigenvalue weighted by Crippen LogP contribution is -2.44. The largest absolute Gasteiger partial charge is 0.481 e. The van der Waals surface area contributed by atoms with Gasteiger partial charge in [0.25, 0.3) is 0 Å². The van der Waals surface area contributed by atoms with Gasteiger partial charge in [0, 0.05) is 19.3 Å². The van der Waals surface area contributed by atoms with Gasteiger partial charge < -0.3 is 9.84 Å². The van der Waals surface area contributed by atoms with E-state index < -0.39 is 5.97 Å². The number of carboxylic acids is 1. The van der Waals surface area contributed by atoms with Crippen LogP contribution in [0.25, 0.3) is 0 Å². The molecular weight excluding hydrogens is 230 g/mol. The van der Waals surface area contributed by atoms with Crippen molar-refractivity contribution in [3.05, 3.63) is 0 Å². The van der Waals surface area contributed by atoms with Crippen LogP contribution >= 0.6 is 0 Å². The van der Waals surface area contributed by atoms with E-state index >= 15 is 0 Å². The van der Waals surface area contributed by atoms with Crippen molar-refractivity contribution in [2.75, 3.05) is 26.3 Å². The molecule has 0 aromatic carbocycles. The molecule has 1 N–H and O–H groups in total. The third-order valence-corrected chi connectivity index (χ3v) is 4.30. The molecule has 2 aliphatic heterocycles. The maximum Gasteiger partial charge on any atom is 0.304 e. The summed E-state index contributed by atoms with van der Waals surface area (Å²) < 4.78 is 5.40. The Morgan fingerprint density at radius 1 is 1.17 bits per heavy atom. The van der Waals surface area contributed by atoms with Crippen LogP contribution in [0.1, 0.15) is 44.9 Å². The van der Waals surface area contributed by atoms with E-state index in [1.807, 2.05) is 0 Å². The summed E-state index contributed by atoms with van der Waals surface area (Å²) in [7, 11) is 0. The average Bonchev–Trinajstić information content (AvgIpc) is 2.65. The number of carbonyl (C=O) groups is 1. The molecule has 2 saturated heterocycles. The van der Waals surface area contributed by atoms with E-state index in [1.54, 1.807) is 0 Å². The van der Waals surface area contributed by atoms with Crippen molar-refractivity contribution in [1.82, 2.24) is 4.90 Å².